The van der Waals surface area contributed by atoms with E-state index in [9.17, 15) is 13.2 Å². The van der Waals surface area contributed by atoms with E-state index >= 15 is 0 Å². The molecule has 1 amide bonds. The molecular formula is C29H32N2O6S. The number of nitrogens with zero attached hydrogens (tertiary/aromatic N) is 1. The molecule has 0 radical (unpaired) electrons. The van der Waals surface area contributed by atoms with Crippen LogP contribution in [0.3, 0.4) is 0 Å². The molecule has 38 heavy (non-hydrogen) atoms. The lowest BCUT2D eigenvalue weighted by Gasteiger charge is -2.36. The molecule has 0 unspecified atom stereocenters. The molecule has 5 rings (SSSR count). The van der Waals surface area contributed by atoms with Crippen LogP contribution in [0, 0.1) is 0 Å². The van der Waals surface area contributed by atoms with Crippen LogP contribution in [0.5, 0.6) is 17.2 Å². The van der Waals surface area contributed by atoms with Gasteiger partial charge in [0.15, 0.2) is 17.6 Å². The van der Waals surface area contributed by atoms with Crippen molar-refractivity contribution >= 4 is 21.6 Å². The maximum atomic E-state index is 13.8. The summed E-state index contributed by atoms with van der Waals surface area (Å²) in [4.78, 5) is 13.6. The van der Waals surface area contributed by atoms with Crippen molar-refractivity contribution in [1.82, 2.24) is 5.32 Å². The van der Waals surface area contributed by atoms with Crippen molar-refractivity contribution in [3.05, 3.63) is 77.9 Å². The van der Waals surface area contributed by atoms with E-state index in [0.29, 0.717) is 36.1 Å². The van der Waals surface area contributed by atoms with Crippen LogP contribution in [-0.2, 0) is 20.2 Å². The van der Waals surface area contributed by atoms with E-state index in [-0.39, 0.29) is 22.9 Å². The summed E-state index contributed by atoms with van der Waals surface area (Å²) in [7, 11) is -3.95. The van der Waals surface area contributed by atoms with Crippen LogP contribution < -0.4 is 23.8 Å². The molecule has 0 fully saturated rings. The summed E-state index contributed by atoms with van der Waals surface area (Å²) in [6.45, 7) is 8.84. The number of rotatable bonds is 5. The lowest BCUT2D eigenvalue weighted by Crippen LogP contribution is -2.51. The number of anilines is 1. The second kappa shape index (κ2) is 9.87. The maximum Gasteiger partial charge on any atom is 0.264 e. The monoisotopic (exact) mass is 536 g/mol. The first-order chi connectivity index (χ1) is 18.0. The molecule has 2 aliphatic heterocycles. The fraction of sp³-hybridized carbons (Fsp3) is 0.345. The third kappa shape index (κ3) is 5.03. The van der Waals surface area contributed by atoms with E-state index in [1.54, 1.807) is 36.4 Å². The van der Waals surface area contributed by atoms with Crippen LogP contribution in [0.2, 0.25) is 0 Å². The lowest BCUT2D eigenvalue weighted by atomic mass is 9.86. The number of hydrogen-bond acceptors (Lipinski definition) is 6. The van der Waals surface area contributed by atoms with Crippen molar-refractivity contribution in [1.29, 1.82) is 0 Å². The Morgan fingerprint density at radius 2 is 1.63 bits per heavy atom. The zero-order valence-electron chi connectivity index (χ0n) is 21.9. The quantitative estimate of drug-likeness (QED) is 0.513. The molecular weight excluding hydrogens is 504 g/mol. The Balaban J connectivity index is 1.44. The second-order valence-corrected chi connectivity index (χ2v) is 12.4. The number of ether oxygens (including phenoxy) is 3. The molecule has 200 valence electrons. The van der Waals surface area contributed by atoms with Gasteiger partial charge in [0.2, 0.25) is 0 Å². The Bertz CT molecular complexity index is 1450. The fourth-order valence-electron chi connectivity index (χ4n) is 4.52. The number of carbonyl (C=O) groups excluding carboxylic acids is 1. The highest BCUT2D eigenvalue weighted by Gasteiger charge is 2.38. The van der Waals surface area contributed by atoms with Gasteiger partial charge in [0.25, 0.3) is 15.9 Å². The molecule has 3 aromatic rings. The van der Waals surface area contributed by atoms with Crippen molar-refractivity contribution in [3.8, 4) is 17.2 Å². The molecule has 0 saturated carbocycles. The van der Waals surface area contributed by atoms with E-state index in [1.807, 2.05) is 37.3 Å². The van der Waals surface area contributed by atoms with Crippen molar-refractivity contribution < 1.29 is 27.4 Å². The molecule has 8 nitrogen and oxygen atoms in total. The van der Waals surface area contributed by atoms with Gasteiger partial charge in [-0.1, -0.05) is 51.1 Å². The van der Waals surface area contributed by atoms with Gasteiger partial charge in [0.05, 0.1) is 23.2 Å². The molecule has 0 saturated heterocycles. The van der Waals surface area contributed by atoms with Crippen LogP contribution in [0.1, 0.15) is 44.9 Å². The van der Waals surface area contributed by atoms with Gasteiger partial charge in [0.1, 0.15) is 19.0 Å². The minimum absolute atomic E-state index is 0.151. The highest BCUT2D eigenvalue weighted by Crippen LogP contribution is 2.40. The molecule has 2 aliphatic rings. The fourth-order valence-corrected chi connectivity index (χ4v) is 6.01. The smallest absolute Gasteiger partial charge is 0.264 e. The number of benzene rings is 3. The summed E-state index contributed by atoms with van der Waals surface area (Å²) in [6, 6.07) is 18.9. The molecule has 2 atom stereocenters. The van der Waals surface area contributed by atoms with Crippen molar-refractivity contribution in [2.75, 3.05) is 24.1 Å². The van der Waals surface area contributed by atoms with Crippen LogP contribution in [0.4, 0.5) is 5.69 Å². The van der Waals surface area contributed by atoms with Gasteiger partial charge < -0.3 is 19.5 Å². The lowest BCUT2D eigenvalue weighted by molar-refractivity contribution is -0.128. The largest absolute Gasteiger partial charge is 0.486 e. The third-order valence-corrected chi connectivity index (χ3v) is 8.54. The van der Waals surface area contributed by atoms with Crippen molar-refractivity contribution in [2.24, 2.45) is 0 Å². The van der Waals surface area contributed by atoms with Gasteiger partial charge in [-0.25, -0.2) is 8.42 Å². The van der Waals surface area contributed by atoms with Gasteiger partial charge in [0, 0.05) is 0 Å². The first-order valence-corrected chi connectivity index (χ1v) is 14.1. The minimum atomic E-state index is -3.95. The Morgan fingerprint density at radius 1 is 0.947 bits per heavy atom. The van der Waals surface area contributed by atoms with E-state index in [1.165, 1.54) is 4.31 Å². The van der Waals surface area contributed by atoms with Gasteiger partial charge in [-0.05, 0) is 59.9 Å². The second-order valence-electron chi connectivity index (χ2n) is 10.5. The van der Waals surface area contributed by atoms with Crippen LogP contribution in [-0.4, -0.2) is 40.2 Å². The number of amides is 1. The van der Waals surface area contributed by atoms with E-state index in [0.717, 1.165) is 11.1 Å². The van der Waals surface area contributed by atoms with Crippen molar-refractivity contribution in [3.63, 3.8) is 0 Å². The summed E-state index contributed by atoms with van der Waals surface area (Å²) < 4.78 is 46.2. The summed E-state index contributed by atoms with van der Waals surface area (Å²) in [5, 5.41) is 2.97. The summed E-state index contributed by atoms with van der Waals surface area (Å²) >= 11 is 0. The van der Waals surface area contributed by atoms with Gasteiger partial charge in [-0.2, -0.15) is 0 Å². The highest BCUT2D eigenvalue weighted by molar-refractivity contribution is 7.92. The van der Waals surface area contributed by atoms with Crippen molar-refractivity contribution in [2.45, 2.75) is 50.2 Å². The molecule has 0 spiro atoms. The maximum absolute atomic E-state index is 13.8. The SMILES string of the molecule is C[C@@H](NC(=O)[C@@H]1CN(S(=O)(=O)c2ccccc2)c2cc(C(C)(C)C)ccc2O1)c1ccc2c(c1)OCCO2. The van der Waals surface area contributed by atoms with Gasteiger partial charge in [-0.15, -0.1) is 0 Å². The first-order valence-electron chi connectivity index (χ1n) is 12.6. The zero-order chi connectivity index (χ0) is 27.1. The summed E-state index contributed by atoms with van der Waals surface area (Å²) in [6.07, 6.45) is -1.04. The Morgan fingerprint density at radius 3 is 2.34 bits per heavy atom. The van der Waals surface area contributed by atoms with Crippen LogP contribution in [0.15, 0.2) is 71.6 Å². The number of hydrogen-bond donors (Lipinski definition) is 1. The number of nitrogens with one attached hydrogen (secondary N) is 1. The number of carbonyl (C=O) groups is 1. The minimum Gasteiger partial charge on any atom is -0.486 e. The van der Waals surface area contributed by atoms with Gasteiger partial charge in [-0.3, -0.25) is 9.10 Å². The zero-order valence-corrected chi connectivity index (χ0v) is 22.7. The molecule has 0 bridgehead atoms. The van der Waals surface area contributed by atoms with Crippen LogP contribution in [0.25, 0.3) is 0 Å². The number of sulfonamides is 1. The Hall–Kier alpha value is -3.72. The molecule has 0 aliphatic carbocycles. The standard InChI is InChI=1S/C29H32N2O6S/c1-19(20-10-12-25-26(16-20)36-15-14-35-25)30-28(32)27-18-31(38(33,34)22-8-6-5-7-9-22)23-17-21(29(2,3)4)11-13-24(23)37-27/h5-13,16-17,19,27H,14-15,18H2,1-4H3,(H,30,32)/t19-,27+/m1/s1. The average Bonchev–Trinajstić information content (AvgIpc) is 2.91. The summed E-state index contributed by atoms with van der Waals surface area (Å²) in [5.41, 5.74) is 2.01. The predicted molar refractivity (Wildman–Crippen MR) is 145 cm³/mol. The molecule has 2 heterocycles. The molecule has 0 aromatic heterocycles. The predicted octanol–water partition coefficient (Wildman–Crippen LogP) is 4.59. The molecule has 9 heteroatoms. The first kappa shape index (κ1) is 25.9. The Labute approximate surface area is 223 Å². The van der Waals surface area contributed by atoms with E-state index in [2.05, 4.69) is 26.1 Å². The van der Waals surface area contributed by atoms with E-state index in [4.69, 9.17) is 14.2 Å². The topological polar surface area (TPSA) is 94.2 Å². The molecule has 3 aromatic carbocycles. The third-order valence-electron chi connectivity index (χ3n) is 6.74. The normalized spacial score (nSPS) is 17.7. The van der Waals surface area contributed by atoms with Gasteiger partial charge >= 0.3 is 0 Å². The van der Waals surface area contributed by atoms with Crippen LogP contribution >= 0.6 is 0 Å². The molecule has 1 N–H and O–H groups in total. The summed E-state index contributed by atoms with van der Waals surface area (Å²) in [5.74, 6) is 1.23. The van der Waals surface area contributed by atoms with E-state index < -0.39 is 22.0 Å². The Kier molecular flexibility index (Phi) is 6.73. The average molecular weight is 537 g/mol. The highest BCUT2D eigenvalue weighted by atomic mass is 32.2. The number of fused-ring (bicyclic) bond motifs is 2.